The lowest BCUT2D eigenvalue weighted by molar-refractivity contribution is 0.556. The van der Waals surface area contributed by atoms with Crippen LogP contribution in [0, 0.1) is 6.92 Å². The van der Waals surface area contributed by atoms with E-state index < -0.39 is 20.8 Å². The fourth-order valence-electron chi connectivity index (χ4n) is 1.60. The Hall–Kier alpha value is -0.630. The van der Waals surface area contributed by atoms with E-state index in [1.54, 1.807) is 20.1 Å². The van der Waals surface area contributed by atoms with Crippen LogP contribution < -0.4 is 10.5 Å². The Bertz CT molecular complexity index is 617. The first kappa shape index (κ1) is 17.4. The summed E-state index contributed by atoms with van der Waals surface area (Å²) in [5, 5.41) is 0.135. The molecular formula is C12H19ClN2O3S2. The molecule has 1 aromatic carbocycles. The summed E-state index contributed by atoms with van der Waals surface area (Å²) in [7, 11) is -4.69. The molecule has 0 aliphatic heterocycles. The van der Waals surface area contributed by atoms with E-state index in [-0.39, 0.29) is 16.0 Å². The molecule has 2 unspecified atom stereocenters. The van der Waals surface area contributed by atoms with Gasteiger partial charge in [0.1, 0.15) is 4.90 Å². The Labute approximate surface area is 127 Å². The van der Waals surface area contributed by atoms with Gasteiger partial charge in [0, 0.05) is 34.5 Å². The maximum atomic E-state index is 12.2. The number of hydrogen-bond donors (Lipinski definition) is 2. The maximum Gasteiger partial charge on any atom is 0.242 e. The summed E-state index contributed by atoms with van der Waals surface area (Å²) in [4.78, 5) is -0.0354. The minimum atomic E-state index is -3.74. The third-order valence-corrected chi connectivity index (χ3v) is 5.67. The summed E-state index contributed by atoms with van der Waals surface area (Å²) in [6, 6.07) is 2.55. The van der Waals surface area contributed by atoms with Crippen LogP contribution in [0.5, 0.6) is 0 Å². The maximum absolute atomic E-state index is 12.2. The van der Waals surface area contributed by atoms with Crippen LogP contribution in [0.25, 0.3) is 0 Å². The Kier molecular flexibility index (Phi) is 6.00. The van der Waals surface area contributed by atoms with Crippen molar-refractivity contribution in [3.05, 3.63) is 22.7 Å². The second-order valence-electron chi connectivity index (χ2n) is 4.73. The number of halogens is 1. The van der Waals surface area contributed by atoms with Crippen molar-refractivity contribution in [1.29, 1.82) is 0 Å². The highest BCUT2D eigenvalue weighted by atomic mass is 35.5. The number of rotatable bonds is 6. The van der Waals surface area contributed by atoms with E-state index in [1.807, 2.05) is 0 Å². The van der Waals surface area contributed by atoms with E-state index >= 15 is 0 Å². The van der Waals surface area contributed by atoms with Gasteiger partial charge < -0.3 is 5.73 Å². The molecule has 8 heteroatoms. The lowest BCUT2D eigenvalue weighted by Gasteiger charge is -2.15. The third kappa shape index (κ3) is 4.73. The first-order valence-corrected chi connectivity index (χ1v) is 9.60. The number of nitrogen functional groups attached to an aromatic ring is 1. The van der Waals surface area contributed by atoms with Crippen molar-refractivity contribution < 1.29 is 12.6 Å². The van der Waals surface area contributed by atoms with E-state index in [2.05, 4.69) is 4.72 Å². The first-order valence-electron chi connectivity index (χ1n) is 6.01. The molecular weight excluding hydrogens is 320 g/mol. The molecule has 3 N–H and O–H groups in total. The molecule has 0 aliphatic rings. The number of nitrogens with two attached hydrogens (primary N) is 1. The van der Waals surface area contributed by atoms with Crippen molar-refractivity contribution in [2.45, 2.75) is 31.2 Å². The standard InChI is InChI=1S/C12H19ClN2O3S2/c1-8-6-10(13)12(7-11(8)14)20(17,18)15-9(2)4-5-19(3)16/h6-7,9,15H,4-5,14H2,1-3H3. The average molecular weight is 339 g/mol. The highest BCUT2D eigenvalue weighted by Crippen LogP contribution is 2.26. The minimum absolute atomic E-state index is 0.0354. The second-order valence-corrected chi connectivity index (χ2v) is 8.37. The van der Waals surface area contributed by atoms with Gasteiger partial charge in [0.15, 0.2) is 0 Å². The molecule has 0 fully saturated rings. The number of nitrogens with one attached hydrogen (secondary N) is 1. The fourth-order valence-corrected chi connectivity index (χ4v) is 4.19. The largest absolute Gasteiger partial charge is 0.398 e. The van der Waals surface area contributed by atoms with Crippen LogP contribution in [-0.4, -0.2) is 30.7 Å². The van der Waals surface area contributed by atoms with Gasteiger partial charge in [0.25, 0.3) is 0 Å². The SMILES string of the molecule is Cc1cc(Cl)c(S(=O)(=O)NC(C)CCS(C)=O)cc1N. The predicted molar refractivity (Wildman–Crippen MR) is 83.9 cm³/mol. The van der Waals surface area contributed by atoms with E-state index in [1.165, 1.54) is 12.1 Å². The Morgan fingerprint density at radius 3 is 2.60 bits per heavy atom. The second kappa shape index (κ2) is 6.89. The molecule has 0 radical (unpaired) electrons. The van der Waals surface area contributed by atoms with Crippen LogP contribution >= 0.6 is 11.6 Å². The van der Waals surface area contributed by atoms with Crippen LogP contribution in [0.2, 0.25) is 5.02 Å². The van der Waals surface area contributed by atoms with Gasteiger partial charge in [-0.15, -0.1) is 0 Å². The predicted octanol–water partition coefficient (Wildman–Crippen LogP) is 1.67. The molecule has 1 aromatic rings. The van der Waals surface area contributed by atoms with Crippen molar-refractivity contribution in [3.63, 3.8) is 0 Å². The van der Waals surface area contributed by atoms with E-state index in [4.69, 9.17) is 17.3 Å². The quantitative estimate of drug-likeness (QED) is 0.772. The van der Waals surface area contributed by atoms with Crippen molar-refractivity contribution >= 4 is 38.1 Å². The average Bonchev–Trinajstić information content (AvgIpc) is 2.30. The number of anilines is 1. The summed E-state index contributed by atoms with van der Waals surface area (Å²) in [5.74, 6) is 0.438. The molecule has 0 aromatic heterocycles. The lowest BCUT2D eigenvalue weighted by atomic mass is 10.2. The van der Waals surface area contributed by atoms with Crippen LogP contribution in [-0.2, 0) is 20.8 Å². The summed E-state index contributed by atoms with van der Waals surface area (Å²) < 4.78 is 38.0. The fraction of sp³-hybridized carbons (Fsp3) is 0.500. The number of aryl methyl sites for hydroxylation is 1. The molecule has 114 valence electrons. The van der Waals surface area contributed by atoms with Gasteiger partial charge in [0.2, 0.25) is 10.0 Å². The Morgan fingerprint density at radius 1 is 1.45 bits per heavy atom. The van der Waals surface area contributed by atoms with E-state index in [9.17, 15) is 12.6 Å². The minimum Gasteiger partial charge on any atom is -0.398 e. The Morgan fingerprint density at radius 2 is 2.05 bits per heavy atom. The zero-order chi connectivity index (χ0) is 15.5. The van der Waals surface area contributed by atoms with Gasteiger partial charge in [-0.2, -0.15) is 0 Å². The monoisotopic (exact) mass is 338 g/mol. The molecule has 0 amide bonds. The normalized spacial score (nSPS) is 15.0. The van der Waals surface area contributed by atoms with Crippen molar-refractivity contribution in [2.24, 2.45) is 0 Å². The lowest BCUT2D eigenvalue weighted by Crippen LogP contribution is -2.33. The van der Waals surface area contributed by atoms with Gasteiger partial charge in [-0.25, -0.2) is 13.1 Å². The van der Waals surface area contributed by atoms with Crippen molar-refractivity contribution in [2.75, 3.05) is 17.7 Å². The van der Waals surface area contributed by atoms with Gasteiger partial charge in [0.05, 0.1) is 5.02 Å². The molecule has 20 heavy (non-hydrogen) atoms. The molecule has 0 bridgehead atoms. The molecule has 0 spiro atoms. The van der Waals surface area contributed by atoms with Crippen molar-refractivity contribution in [1.82, 2.24) is 4.72 Å². The smallest absolute Gasteiger partial charge is 0.242 e. The molecule has 1 rings (SSSR count). The summed E-state index contributed by atoms with van der Waals surface area (Å²) >= 11 is 5.97. The highest BCUT2D eigenvalue weighted by molar-refractivity contribution is 7.89. The highest BCUT2D eigenvalue weighted by Gasteiger charge is 2.21. The van der Waals surface area contributed by atoms with E-state index in [0.717, 1.165) is 5.56 Å². The van der Waals surface area contributed by atoms with Crippen LogP contribution in [0.4, 0.5) is 5.69 Å². The van der Waals surface area contributed by atoms with Crippen LogP contribution in [0.15, 0.2) is 17.0 Å². The topological polar surface area (TPSA) is 89.3 Å². The number of benzene rings is 1. The van der Waals surface area contributed by atoms with Crippen molar-refractivity contribution in [3.8, 4) is 0 Å². The molecule has 0 aliphatic carbocycles. The van der Waals surface area contributed by atoms with Crippen LogP contribution in [0.1, 0.15) is 18.9 Å². The first-order chi connectivity index (χ1) is 9.13. The molecule has 5 nitrogen and oxygen atoms in total. The Balaban J connectivity index is 2.94. The van der Waals surface area contributed by atoms with Gasteiger partial charge in [-0.3, -0.25) is 4.21 Å². The van der Waals surface area contributed by atoms with Crippen LogP contribution in [0.3, 0.4) is 0 Å². The number of hydrogen-bond acceptors (Lipinski definition) is 4. The zero-order valence-electron chi connectivity index (χ0n) is 11.6. The summed E-state index contributed by atoms with van der Waals surface area (Å²) in [5.41, 5.74) is 6.82. The number of sulfonamides is 1. The molecule has 0 heterocycles. The third-order valence-electron chi connectivity index (χ3n) is 2.80. The van der Waals surface area contributed by atoms with E-state index in [0.29, 0.717) is 17.9 Å². The molecule has 0 saturated heterocycles. The summed E-state index contributed by atoms with van der Waals surface area (Å²) in [6.07, 6.45) is 2.07. The zero-order valence-corrected chi connectivity index (χ0v) is 14.0. The van der Waals surface area contributed by atoms with Gasteiger partial charge in [-0.1, -0.05) is 11.6 Å². The molecule has 2 atom stereocenters. The molecule has 0 saturated carbocycles. The summed E-state index contributed by atoms with van der Waals surface area (Å²) in [6.45, 7) is 3.47. The van der Waals surface area contributed by atoms with Gasteiger partial charge >= 0.3 is 0 Å². The van der Waals surface area contributed by atoms with Gasteiger partial charge in [-0.05, 0) is 38.0 Å².